The molecule has 0 saturated carbocycles. The molecule has 1 aromatic heterocycles. The number of aromatic nitrogens is 1. The molecule has 3 nitrogen and oxygen atoms in total. The average Bonchev–Trinajstić information content (AvgIpc) is 2.42. The van der Waals surface area contributed by atoms with Gasteiger partial charge in [0.15, 0.2) is 5.15 Å². The van der Waals surface area contributed by atoms with Crippen molar-refractivity contribution >= 4 is 33.2 Å². The highest BCUT2D eigenvalue weighted by Gasteiger charge is 2.13. The van der Waals surface area contributed by atoms with Gasteiger partial charge < -0.3 is 10.1 Å². The number of anilines is 1. The SMILES string of the molecule is COc1ccc(C)cc1C(C)Nc1cc(Br)cnc1Cl. The summed E-state index contributed by atoms with van der Waals surface area (Å²) >= 11 is 9.50. The zero-order valence-corrected chi connectivity index (χ0v) is 13.9. The van der Waals surface area contributed by atoms with Gasteiger partial charge >= 0.3 is 0 Å². The number of ether oxygens (including phenoxy) is 1. The van der Waals surface area contributed by atoms with Crippen molar-refractivity contribution in [1.29, 1.82) is 0 Å². The number of nitrogens with zero attached hydrogens (tertiary/aromatic N) is 1. The molecule has 0 bridgehead atoms. The van der Waals surface area contributed by atoms with Crippen LogP contribution in [0, 0.1) is 6.92 Å². The van der Waals surface area contributed by atoms with E-state index in [2.05, 4.69) is 46.1 Å². The molecule has 0 radical (unpaired) electrons. The standard InChI is InChI=1S/C15H16BrClN2O/c1-9-4-5-14(20-3)12(6-9)10(2)19-13-7-11(16)8-18-15(13)17/h4-8,10,19H,1-3H3. The summed E-state index contributed by atoms with van der Waals surface area (Å²) in [7, 11) is 1.68. The highest BCUT2D eigenvalue weighted by Crippen LogP contribution is 2.31. The average molecular weight is 356 g/mol. The normalized spacial score (nSPS) is 12.1. The zero-order chi connectivity index (χ0) is 14.7. The van der Waals surface area contributed by atoms with E-state index in [-0.39, 0.29) is 6.04 Å². The molecule has 0 spiro atoms. The van der Waals surface area contributed by atoms with E-state index in [1.165, 1.54) is 5.56 Å². The number of benzene rings is 1. The van der Waals surface area contributed by atoms with Gasteiger partial charge in [-0.1, -0.05) is 29.3 Å². The summed E-state index contributed by atoms with van der Waals surface area (Å²) in [6, 6.07) is 8.08. The molecule has 1 N–H and O–H groups in total. The number of halogens is 2. The molecule has 2 aromatic rings. The fourth-order valence-electron chi connectivity index (χ4n) is 2.03. The predicted octanol–water partition coefficient (Wildman–Crippen LogP) is 4.99. The Bertz CT molecular complexity index is 619. The largest absolute Gasteiger partial charge is 0.496 e. The number of hydrogen-bond donors (Lipinski definition) is 1. The fraction of sp³-hybridized carbons (Fsp3) is 0.267. The molecule has 0 aliphatic carbocycles. The van der Waals surface area contributed by atoms with Crippen molar-refractivity contribution in [2.75, 3.05) is 12.4 Å². The van der Waals surface area contributed by atoms with Gasteiger partial charge in [-0.25, -0.2) is 4.98 Å². The predicted molar refractivity (Wildman–Crippen MR) is 86.7 cm³/mol. The topological polar surface area (TPSA) is 34.1 Å². The van der Waals surface area contributed by atoms with E-state index in [0.29, 0.717) is 5.15 Å². The first-order chi connectivity index (χ1) is 9.51. The smallest absolute Gasteiger partial charge is 0.152 e. The number of methoxy groups -OCH3 is 1. The molecular formula is C15H16BrClN2O. The number of aryl methyl sites for hydroxylation is 1. The van der Waals surface area contributed by atoms with E-state index in [1.54, 1.807) is 13.3 Å². The van der Waals surface area contributed by atoms with E-state index in [1.807, 2.05) is 18.2 Å². The molecule has 0 amide bonds. The molecule has 20 heavy (non-hydrogen) atoms. The highest BCUT2D eigenvalue weighted by molar-refractivity contribution is 9.10. The second-order valence-corrected chi connectivity index (χ2v) is 5.88. The lowest BCUT2D eigenvalue weighted by Crippen LogP contribution is -2.09. The van der Waals surface area contributed by atoms with Gasteiger partial charge in [-0.15, -0.1) is 0 Å². The van der Waals surface area contributed by atoms with Gasteiger partial charge in [-0.3, -0.25) is 0 Å². The Balaban J connectivity index is 2.30. The van der Waals surface area contributed by atoms with Gasteiger partial charge in [0.25, 0.3) is 0 Å². The third-order valence-electron chi connectivity index (χ3n) is 3.03. The van der Waals surface area contributed by atoms with Crippen LogP contribution in [0.4, 0.5) is 5.69 Å². The van der Waals surface area contributed by atoms with E-state index in [9.17, 15) is 0 Å². The van der Waals surface area contributed by atoms with Gasteiger partial charge in [0.1, 0.15) is 5.75 Å². The molecular weight excluding hydrogens is 340 g/mol. The molecule has 0 aliphatic heterocycles. The maximum Gasteiger partial charge on any atom is 0.152 e. The van der Waals surface area contributed by atoms with Crippen LogP contribution in [0.15, 0.2) is 34.9 Å². The van der Waals surface area contributed by atoms with Crippen molar-refractivity contribution in [2.45, 2.75) is 19.9 Å². The van der Waals surface area contributed by atoms with Gasteiger partial charge in [-0.2, -0.15) is 0 Å². The molecule has 1 aromatic carbocycles. The second kappa shape index (κ2) is 6.46. The van der Waals surface area contributed by atoms with Crippen LogP contribution in [0.25, 0.3) is 0 Å². The molecule has 0 aliphatic rings. The van der Waals surface area contributed by atoms with Crippen LogP contribution >= 0.6 is 27.5 Å². The van der Waals surface area contributed by atoms with Crippen molar-refractivity contribution in [3.8, 4) is 5.75 Å². The zero-order valence-electron chi connectivity index (χ0n) is 11.6. The minimum Gasteiger partial charge on any atom is -0.496 e. The molecule has 1 heterocycles. The van der Waals surface area contributed by atoms with E-state index < -0.39 is 0 Å². The van der Waals surface area contributed by atoms with Crippen LogP contribution in [0.5, 0.6) is 5.75 Å². The Morgan fingerprint density at radius 3 is 2.80 bits per heavy atom. The van der Waals surface area contributed by atoms with Gasteiger partial charge in [0.05, 0.1) is 18.8 Å². The first-order valence-corrected chi connectivity index (χ1v) is 7.40. The van der Waals surface area contributed by atoms with Crippen molar-refractivity contribution in [1.82, 2.24) is 4.98 Å². The Kier molecular flexibility index (Phi) is 4.89. The lowest BCUT2D eigenvalue weighted by Gasteiger charge is -2.19. The van der Waals surface area contributed by atoms with Crippen LogP contribution in [-0.2, 0) is 0 Å². The van der Waals surface area contributed by atoms with Gasteiger partial charge in [-0.05, 0) is 41.9 Å². The lowest BCUT2D eigenvalue weighted by atomic mass is 10.0. The summed E-state index contributed by atoms with van der Waals surface area (Å²) in [5, 5.41) is 3.82. The Morgan fingerprint density at radius 2 is 2.10 bits per heavy atom. The summed E-state index contributed by atoms with van der Waals surface area (Å²) in [4.78, 5) is 4.11. The maximum absolute atomic E-state index is 6.11. The summed E-state index contributed by atoms with van der Waals surface area (Å²) in [5.41, 5.74) is 3.06. The molecule has 106 valence electrons. The van der Waals surface area contributed by atoms with Crippen molar-refractivity contribution in [3.05, 3.63) is 51.2 Å². The quantitative estimate of drug-likeness (QED) is 0.785. The lowest BCUT2D eigenvalue weighted by molar-refractivity contribution is 0.408. The number of hydrogen-bond acceptors (Lipinski definition) is 3. The van der Waals surface area contributed by atoms with Crippen LogP contribution in [-0.4, -0.2) is 12.1 Å². The second-order valence-electron chi connectivity index (χ2n) is 4.60. The first-order valence-electron chi connectivity index (χ1n) is 6.23. The van der Waals surface area contributed by atoms with Crippen molar-refractivity contribution in [2.24, 2.45) is 0 Å². The Morgan fingerprint density at radius 1 is 1.35 bits per heavy atom. The van der Waals surface area contributed by atoms with Crippen LogP contribution in [0.2, 0.25) is 5.15 Å². The molecule has 2 rings (SSSR count). The maximum atomic E-state index is 6.11. The Hall–Kier alpha value is -1.26. The molecule has 5 heteroatoms. The van der Waals surface area contributed by atoms with Crippen LogP contribution < -0.4 is 10.1 Å². The third-order valence-corrected chi connectivity index (χ3v) is 3.76. The number of nitrogens with one attached hydrogen (secondary N) is 1. The van der Waals surface area contributed by atoms with Gasteiger partial charge in [0, 0.05) is 16.2 Å². The highest BCUT2D eigenvalue weighted by atomic mass is 79.9. The molecule has 1 unspecified atom stereocenters. The first kappa shape index (κ1) is 15.1. The molecule has 0 fully saturated rings. The van der Waals surface area contributed by atoms with E-state index in [4.69, 9.17) is 16.3 Å². The Labute approximate surface area is 132 Å². The molecule has 1 atom stereocenters. The van der Waals surface area contributed by atoms with Gasteiger partial charge in [0.2, 0.25) is 0 Å². The van der Waals surface area contributed by atoms with Crippen LogP contribution in [0.1, 0.15) is 24.1 Å². The van der Waals surface area contributed by atoms with Crippen molar-refractivity contribution < 1.29 is 4.74 Å². The summed E-state index contributed by atoms with van der Waals surface area (Å²) in [5.74, 6) is 0.856. The summed E-state index contributed by atoms with van der Waals surface area (Å²) < 4.78 is 6.30. The molecule has 0 saturated heterocycles. The number of pyridine rings is 1. The summed E-state index contributed by atoms with van der Waals surface area (Å²) in [6.45, 7) is 4.12. The third kappa shape index (κ3) is 3.44. The van der Waals surface area contributed by atoms with Crippen molar-refractivity contribution in [3.63, 3.8) is 0 Å². The van der Waals surface area contributed by atoms with Crippen LogP contribution in [0.3, 0.4) is 0 Å². The minimum absolute atomic E-state index is 0.0541. The van der Waals surface area contributed by atoms with E-state index in [0.717, 1.165) is 21.5 Å². The monoisotopic (exact) mass is 354 g/mol. The number of rotatable bonds is 4. The van der Waals surface area contributed by atoms with E-state index >= 15 is 0 Å². The summed E-state index contributed by atoms with van der Waals surface area (Å²) in [6.07, 6.45) is 1.67. The minimum atomic E-state index is 0.0541. The fourth-order valence-corrected chi connectivity index (χ4v) is 2.52.